The van der Waals surface area contributed by atoms with Crippen molar-refractivity contribution < 1.29 is 9.59 Å². The molecule has 132 valence electrons. The minimum absolute atomic E-state index is 0.0289. The Bertz CT molecular complexity index is 739. The number of carbonyl (C=O) groups is 2. The fourth-order valence-electron chi connectivity index (χ4n) is 2.64. The number of hydrogen-bond donors (Lipinski definition) is 1. The molecule has 0 aliphatic rings. The third-order valence-corrected chi connectivity index (χ3v) is 4.12. The lowest BCUT2D eigenvalue weighted by Gasteiger charge is -2.27. The Balaban J connectivity index is 2.02. The average Bonchev–Trinajstić information content (AvgIpc) is 2.56. The first-order chi connectivity index (χ1) is 11.9. The number of carbonyl (C=O) groups excluding carboxylic acids is 2. The van der Waals surface area contributed by atoms with E-state index in [-0.39, 0.29) is 24.3 Å². The summed E-state index contributed by atoms with van der Waals surface area (Å²) in [4.78, 5) is 26.6. The molecule has 4 nitrogen and oxygen atoms in total. The summed E-state index contributed by atoms with van der Waals surface area (Å²) in [6, 6.07) is 15.7. The van der Waals surface area contributed by atoms with E-state index in [0.717, 1.165) is 22.4 Å². The smallest absolute Gasteiger partial charge is 0.233 e. The first-order valence-corrected chi connectivity index (χ1v) is 8.57. The van der Waals surface area contributed by atoms with E-state index in [0.29, 0.717) is 6.54 Å². The zero-order valence-electron chi connectivity index (χ0n) is 15.4. The SMILES string of the molecule is Cc1ccc(C)c(NC(=O)CC(=O)N(Cc2ccccc2)C(C)C)c1. The monoisotopic (exact) mass is 338 g/mol. The summed E-state index contributed by atoms with van der Waals surface area (Å²) in [5.74, 6) is -0.445. The highest BCUT2D eigenvalue weighted by atomic mass is 16.2. The van der Waals surface area contributed by atoms with Crippen molar-refractivity contribution in [1.82, 2.24) is 4.90 Å². The molecule has 4 heteroatoms. The molecule has 0 aliphatic heterocycles. The first-order valence-electron chi connectivity index (χ1n) is 8.57. The highest BCUT2D eigenvalue weighted by Crippen LogP contribution is 2.17. The lowest BCUT2D eigenvalue weighted by atomic mass is 10.1. The van der Waals surface area contributed by atoms with Crippen LogP contribution in [0.1, 0.15) is 37.0 Å². The van der Waals surface area contributed by atoms with Crippen LogP contribution in [0.2, 0.25) is 0 Å². The Morgan fingerprint density at radius 3 is 2.36 bits per heavy atom. The van der Waals surface area contributed by atoms with E-state index in [1.807, 2.05) is 76.2 Å². The maximum atomic E-state index is 12.6. The first kappa shape index (κ1) is 18.7. The van der Waals surface area contributed by atoms with Gasteiger partial charge in [-0.15, -0.1) is 0 Å². The van der Waals surface area contributed by atoms with Crippen molar-refractivity contribution >= 4 is 17.5 Å². The number of nitrogens with one attached hydrogen (secondary N) is 1. The van der Waals surface area contributed by atoms with E-state index in [1.54, 1.807) is 4.90 Å². The summed E-state index contributed by atoms with van der Waals surface area (Å²) in [5.41, 5.74) is 3.87. The molecule has 0 spiro atoms. The number of aryl methyl sites for hydroxylation is 2. The van der Waals surface area contributed by atoms with Crippen molar-refractivity contribution in [2.45, 2.75) is 46.7 Å². The van der Waals surface area contributed by atoms with Gasteiger partial charge >= 0.3 is 0 Å². The van der Waals surface area contributed by atoms with Gasteiger partial charge in [-0.2, -0.15) is 0 Å². The molecule has 2 rings (SSSR count). The second kappa shape index (κ2) is 8.47. The molecule has 0 aromatic heterocycles. The summed E-state index contributed by atoms with van der Waals surface area (Å²) in [5, 5.41) is 2.85. The fourth-order valence-corrected chi connectivity index (χ4v) is 2.64. The van der Waals surface area contributed by atoms with Gasteiger partial charge < -0.3 is 10.2 Å². The lowest BCUT2D eigenvalue weighted by Crippen LogP contribution is -2.38. The van der Waals surface area contributed by atoms with Crippen LogP contribution in [-0.4, -0.2) is 22.8 Å². The maximum absolute atomic E-state index is 12.6. The van der Waals surface area contributed by atoms with Crippen molar-refractivity contribution in [3.05, 3.63) is 65.2 Å². The third kappa shape index (κ3) is 5.45. The van der Waals surface area contributed by atoms with E-state index in [1.165, 1.54) is 0 Å². The summed E-state index contributed by atoms with van der Waals surface area (Å²) < 4.78 is 0. The van der Waals surface area contributed by atoms with Gasteiger partial charge in [0.05, 0.1) is 0 Å². The fraction of sp³-hybridized carbons (Fsp3) is 0.333. The second-order valence-electron chi connectivity index (χ2n) is 6.64. The molecular formula is C21H26N2O2. The molecule has 0 unspecified atom stereocenters. The van der Waals surface area contributed by atoms with Crippen LogP contribution in [0.25, 0.3) is 0 Å². The van der Waals surface area contributed by atoms with Crippen molar-refractivity contribution in [3.8, 4) is 0 Å². The number of rotatable bonds is 6. The van der Waals surface area contributed by atoms with Gasteiger partial charge in [0.15, 0.2) is 0 Å². The predicted octanol–water partition coefficient (Wildman–Crippen LogP) is 4.07. The summed E-state index contributed by atoms with van der Waals surface area (Å²) in [6.45, 7) is 8.34. The number of benzene rings is 2. The molecule has 2 aromatic carbocycles. The normalized spacial score (nSPS) is 10.6. The molecule has 0 heterocycles. The Morgan fingerprint density at radius 1 is 1.04 bits per heavy atom. The molecular weight excluding hydrogens is 312 g/mol. The number of amides is 2. The largest absolute Gasteiger partial charge is 0.336 e. The number of anilines is 1. The Morgan fingerprint density at radius 2 is 1.72 bits per heavy atom. The zero-order valence-corrected chi connectivity index (χ0v) is 15.4. The average molecular weight is 338 g/mol. The highest BCUT2D eigenvalue weighted by molar-refractivity contribution is 6.03. The number of nitrogens with zero attached hydrogens (tertiary/aromatic N) is 1. The standard InChI is InChI=1S/C21H26N2O2/c1-15(2)23(14-18-8-6-5-7-9-18)21(25)13-20(24)22-19-12-16(3)10-11-17(19)4/h5-12,15H,13-14H2,1-4H3,(H,22,24). The van der Waals surface area contributed by atoms with Gasteiger partial charge in [0, 0.05) is 18.3 Å². The molecule has 0 fully saturated rings. The topological polar surface area (TPSA) is 49.4 Å². The zero-order chi connectivity index (χ0) is 18.4. The van der Waals surface area contributed by atoms with E-state index in [9.17, 15) is 9.59 Å². The van der Waals surface area contributed by atoms with Crippen molar-refractivity contribution in [3.63, 3.8) is 0 Å². The summed E-state index contributed by atoms with van der Waals surface area (Å²) in [6.07, 6.45) is -0.154. The van der Waals surface area contributed by atoms with Crippen molar-refractivity contribution in [1.29, 1.82) is 0 Å². The molecule has 1 N–H and O–H groups in total. The third-order valence-electron chi connectivity index (χ3n) is 4.12. The summed E-state index contributed by atoms with van der Waals surface area (Å²) >= 11 is 0. The molecule has 0 atom stereocenters. The molecule has 2 aromatic rings. The van der Waals surface area contributed by atoms with Crippen LogP contribution in [0.15, 0.2) is 48.5 Å². The minimum Gasteiger partial charge on any atom is -0.336 e. The van der Waals surface area contributed by atoms with Crippen molar-refractivity contribution in [2.24, 2.45) is 0 Å². The molecule has 0 aliphatic carbocycles. The van der Waals surface area contributed by atoms with E-state index < -0.39 is 0 Å². The molecule has 0 radical (unpaired) electrons. The molecule has 0 saturated carbocycles. The quantitative estimate of drug-likeness (QED) is 0.807. The van der Waals surface area contributed by atoms with Gasteiger partial charge in [0.2, 0.25) is 11.8 Å². The molecule has 2 amide bonds. The lowest BCUT2D eigenvalue weighted by molar-refractivity contribution is -0.136. The molecule has 0 saturated heterocycles. The van der Waals surface area contributed by atoms with E-state index in [4.69, 9.17) is 0 Å². The van der Waals surface area contributed by atoms with Crippen LogP contribution in [-0.2, 0) is 16.1 Å². The highest BCUT2D eigenvalue weighted by Gasteiger charge is 2.20. The van der Waals surface area contributed by atoms with Gasteiger partial charge in [-0.1, -0.05) is 42.5 Å². The van der Waals surface area contributed by atoms with Crippen LogP contribution in [0.5, 0.6) is 0 Å². The number of hydrogen-bond acceptors (Lipinski definition) is 2. The molecule has 0 bridgehead atoms. The van der Waals surface area contributed by atoms with Gasteiger partial charge in [-0.05, 0) is 50.5 Å². The Labute approximate surface area is 149 Å². The molecule has 25 heavy (non-hydrogen) atoms. The summed E-state index contributed by atoms with van der Waals surface area (Å²) in [7, 11) is 0. The van der Waals surface area contributed by atoms with Crippen LogP contribution >= 0.6 is 0 Å². The van der Waals surface area contributed by atoms with Crippen LogP contribution in [0, 0.1) is 13.8 Å². The van der Waals surface area contributed by atoms with Gasteiger partial charge in [0.25, 0.3) is 0 Å². The predicted molar refractivity (Wildman–Crippen MR) is 101 cm³/mol. The van der Waals surface area contributed by atoms with Gasteiger partial charge in [0.1, 0.15) is 6.42 Å². The van der Waals surface area contributed by atoms with Gasteiger partial charge in [-0.25, -0.2) is 0 Å². The van der Waals surface area contributed by atoms with E-state index >= 15 is 0 Å². The Hall–Kier alpha value is -2.62. The van der Waals surface area contributed by atoms with Crippen LogP contribution < -0.4 is 5.32 Å². The Kier molecular flexibility index (Phi) is 6.34. The van der Waals surface area contributed by atoms with Gasteiger partial charge in [-0.3, -0.25) is 9.59 Å². The van der Waals surface area contributed by atoms with Crippen molar-refractivity contribution in [2.75, 3.05) is 5.32 Å². The maximum Gasteiger partial charge on any atom is 0.233 e. The minimum atomic E-state index is -0.280. The van der Waals surface area contributed by atoms with Crippen LogP contribution in [0.4, 0.5) is 5.69 Å². The van der Waals surface area contributed by atoms with E-state index in [2.05, 4.69) is 5.32 Å². The second-order valence-corrected chi connectivity index (χ2v) is 6.64. The van der Waals surface area contributed by atoms with Crippen LogP contribution in [0.3, 0.4) is 0 Å².